The predicted octanol–water partition coefficient (Wildman–Crippen LogP) is 4.54. The molecule has 0 heterocycles. The molecule has 1 N–H and O–H groups in total. The van der Waals surface area contributed by atoms with Crippen LogP contribution in [0.1, 0.15) is 12.0 Å². The van der Waals surface area contributed by atoms with E-state index in [-0.39, 0.29) is 12.0 Å². The summed E-state index contributed by atoms with van der Waals surface area (Å²) in [5.41, 5.74) is 1.30. The lowest BCUT2D eigenvalue weighted by molar-refractivity contribution is -0.132. The van der Waals surface area contributed by atoms with Gasteiger partial charge < -0.3 is 5.11 Å². The van der Waals surface area contributed by atoms with Crippen molar-refractivity contribution in [3.8, 4) is 6.07 Å². The van der Waals surface area contributed by atoms with E-state index in [0.29, 0.717) is 0 Å². The average molecular weight is 293 g/mol. The topological polar surface area (TPSA) is 61.1 Å². The molecule has 0 atom stereocenters. The van der Waals surface area contributed by atoms with Gasteiger partial charge in [0, 0.05) is 11.6 Å². The number of allylic oxidation sites excluding steroid dienone is 6. The summed E-state index contributed by atoms with van der Waals surface area (Å²) in [6, 6.07) is 11.9. The molecule has 0 aliphatic rings. The van der Waals surface area contributed by atoms with Gasteiger partial charge in [-0.25, -0.2) is 4.79 Å². The third kappa shape index (κ3) is 10.8. The molecule has 0 aliphatic heterocycles. The lowest BCUT2D eigenvalue weighted by Crippen LogP contribution is -1.96. The van der Waals surface area contributed by atoms with Gasteiger partial charge in [-0.2, -0.15) is 5.26 Å². The van der Waals surface area contributed by atoms with E-state index in [2.05, 4.69) is 31.4 Å². The molecule has 0 aliphatic carbocycles. The van der Waals surface area contributed by atoms with E-state index in [1.165, 1.54) is 17.7 Å². The van der Waals surface area contributed by atoms with Gasteiger partial charge in [0.15, 0.2) is 0 Å². The van der Waals surface area contributed by atoms with Crippen LogP contribution in [0.25, 0.3) is 6.08 Å². The van der Waals surface area contributed by atoms with E-state index >= 15 is 0 Å². The van der Waals surface area contributed by atoms with Crippen LogP contribution in [-0.2, 0) is 4.79 Å². The molecule has 3 nitrogen and oxygen atoms in total. The Labute approximate surface area is 131 Å². The van der Waals surface area contributed by atoms with Crippen molar-refractivity contribution in [1.82, 2.24) is 0 Å². The molecular formula is C19H19NO2. The number of nitriles is 1. The fourth-order valence-electron chi connectivity index (χ4n) is 1.21. The Kier molecular flexibility index (Phi) is 11.1. The van der Waals surface area contributed by atoms with E-state index in [9.17, 15) is 4.79 Å². The Hall–Kier alpha value is -3.12. The van der Waals surface area contributed by atoms with Gasteiger partial charge in [0.2, 0.25) is 0 Å². The van der Waals surface area contributed by atoms with Gasteiger partial charge in [0.05, 0.1) is 6.07 Å². The SMILES string of the molecule is C=C(CC=CC#N)C(=O)O.C=CC=CC=Cc1ccccc1. The highest BCUT2D eigenvalue weighted by Gasteiger charge is 1.98. The molecule has 0 fully saturated rings. The quantitative estimate of drug-likeness (QED) is 0.476. The summed E-state index contributed by atoms with van der Waals surface area (Å²) in [5.74, 6) is -1.03. The summed E-state index contributed by atoms with van der Waals surface area (Å²) in [6.45, 7) is 6.85. The number of rotatable bonds is 6. The zero-order valence-electron chi connectivity index (χ0n) is 12.4. The number of hydrogen-bond donors (Lipinski definition) is 1. The average Bonchev–Trinajstić information content (AvgIpc) is 2.53. The summed E-state index contributed by atoms with van der Waals surface area (Å²) < 4.78 is 0. The maximum absolute atomic E-state index is 10.1. The van der Waals surface area contributed by atoms with Gasteiger partial charge in [-0.15, -0.1) is 0 Å². The standard InChI is InChI=1S/C12H12.C7H7NO2/c1-2-3-4-6-9-12-10-7-5-8-11-12;1-6(7(9)10)4-2-3-5-8/h2-11H,1H2;2-3H,1,4H2,(H,9,10). The van der Waals surface area contributed by atoms with Crippen LogP contribution in [0.15, 0.2) is 85.5 Å². The molecule has 22 heavy (non-hydrogen) atoms. The van der Waals surface area contributed by atoms with E-state index in [1.807, 2.05) is 36.4 Å². The summed E-state index contributed by atoms with van der Waals surface area (Å²) in [4.78, 5) is 10.1. The van der Waals surface area contributed by atoms with Crippen molar-refractivity contribution in [2.24, 2.45) is 0 Å². The fraction of sp³-hybridized carbons (Fsp3) is 0.0526. The van der Waals surface area contributed by atoms with Crippen molar-refractivity contribution in [3.63, 3.8) is 0 Å². The molecule has 0 radical (unpaired) electrons. The Morgan fingerprint density at radius 2 is 1.91 bits per heavy atom. The third-order valence-electron chi connectivity index (χ3n) is 2.31. The Morgan fingerprint density at radius 3 is 2.45 bits per heavy atom. The van der Waals surface area contributed by atoms with E-state index in [4.69, 9.17) is 10.4 Å². The summed E-state index contributed by atoms with van der Waals surface area (Å²) in [5, 5.41) is 16.3. The smallest absolute Gasteiger partial charge is 0.331 e. The monoisotopic (exact) mass is 293 g/mol. The summed E-state index contributed by atoms with van der Waals surface area (Å²) in [7, 11) is 0. The minimum Gasteiger partial charge on any atom is -0.478 e. The molecule has 0 bridgehead atoms. The Bertz CT molecular complexity index is 602. The highest BCUT2D eigenvalue weighted by Crippen LogP contribution is 2.00. The van der Waals surface area contributed by atoms with Crippen LogP contribution in [-0.4, -0.2) is 11.1 Å². The Balaban J connectivity index is 0.000000409. The maximum atomic E-state index is 10.1. The van der Waals surface area contributed by atoms with Gasteiger partial charge in [-0.3, -0.25) is 0 Å². The van der Waals surface area contributed by atoms with Crippen molar-refractivity contribution in [2.45, 2.75) is 6.42 Å². The zero-order chi connectivity index (χ0) is 16.6. The largest absolute Gasteiger partial charge is 0.478 e. The lowest BCUT2D eigenvalue weighted by Gasteiger charge is -1.89. The van der Waals surface area contributed by atoms with Crippen LogP contribution < -0.4 is 0 Å². The van der Waals surface area contributed by atoms with Crippen molar-refractivity contribution in [1.29, 1.82) is 5.26 Å². The first-order chi connectivity index (χ1) is 10.6. The summed E-state index contributed by atoms with van der Waals surface area (Å²) >= 11 is 0. The molecule has 0 saturated heterocycles. The molecule has 1 aromatic rings. The first kappa shape index (κ1) is 18.9. The lowest BCUT2D eigenvalue weighted by atomic mass is 10.2. The van der Waals surface area contributed by atoms with E-state index in [1.54, 1.807) is 12.1 Å². The molecule has 0 unspecified atom stereocenters. The second-order valence-corrected chi connectivity index (χ2v) is 4.03. The Morgan fingerprint density at radius 1 is 1.23 bits per heavy atom. The van der Waals surface area contributed by atoms with E-state index in [0.717, 1.165) is 0 Å². The van der Waals surface area contributed by atoms with Gasteiger partial charge in [0.1, 0.15) is 0 Å². The van der Waals surface area contributed by atoms with Crippen LogP contribution >= 0.6 is 0 Å². The maximum Gasteiger partial charge on any atom is 0.331 e. The van der Waals surface area contributed by atoms with Gasteiger partial charge in [-0.1, -0.05) is 79.9 Å². The molecule has 0 saturated carbocycles. The van der Waals surface area contributed by atoms with Crippen molar-refractivity contribution in [3.05, 3.63) is 91.1 Å². The molecule has 0 aromatic heterocycles. The second-order valence-electron chi connectivity index (χ2n) is 4.03. The summed E-state index contributed by atoms with van der Waals surface area (Å²) in [6.07, 6.45) is 12.6. The van der Waals surface area contributed by atoms with Crippen LogP contribution in [0.4, 0.5) is 0 Å². The number of aliphatic carboxylic acids is 1. The number of carbonyl (C=O) groups is 1. The number of carboxylic acid groups (broad SMARTS) is 1. The molecule has 112 valence electrons. The van der Waals surface area contributed by atoms with Gasteiger partial charge >= 0.3 is 5.97 Å². The van der Waals surface area contributed by atoms with Crippen molar-refractivity contribution < 1.29 is 9.90 Å². The van der Waals surface area contributed by atoms with Crippen LogP contribution in [0.5, 0.6) is 0 Å². The molecule has 1 rings (SSSR count). The number of carboxylic acids is 1. The van der Waals surface area contributed by atoms with Crippen molar-refractivity contribution in [2.75, 3.05) is 0 Å². The van der Waals surface area contributed by atoms with Gasteiger partial charge in [-0.05, 0) is 12.0 Å². The molecule has 3 heteroatoms. The normalized spacial score (nSPS) is 10.1. The molecule has 0 spiro atoms. The predicted molar refractivity (Wildman–Crippen MR) is 91.0 cm³/mol. The fourth-order valence-corrected chi connectivity index (χ4v) is 1.21. The van der Waals surface area contributed by atoms with E-state index < -0.39 is 5.97 Å². The molecule has 0 amide bonds. The number of nitrogens with zero attached hydrogens (tertiary/aromatic N) is 1. The highest BCUT2D eigenvalue weighted by molar-refractivity contribution is 5.86. The minimum absolute atomic E-state index is 0.0894. The van der Waals surface area contributed by atoms with Crippen molar-refractivity contribution >= 4 is 12.0 Å². The van der Waals surface area contributed by atoms with Crippen LogP contribution in [0.3, 0.4) is 0 Å². The van der Waals surface area contributed by atoms with Gasteiger partial charge in [0.25, 0.3) is 0 Å². The van der Waals surface area contributed by atoms with Crippen LogP contribution in [0.2, 0.25) is 0 Å². The first-order valence-corrected chi connectivity index (χ1v) is 6.58. The molecule has 1 aromatic carbocycles. The highest BCUT2D eigenvalue weighted by atomic mass is 16.4. The number of benzene rings is 1. The zero-order valence-corrected chi connectivity index (χ0v) is 12.4. The first-order valence-electron chi connectivity index (χ1n) is 6.58. The number of hydrogen-bond acceptors (Lipinski definition) is 2. The third-order valence-corrected chi connectivity index (χ3v) is 2.31. The second kappa shape index (κ2) is 12.9. The minimum atomic E-state index is -1.03. The molecular weight excluding hydrogens is 274 g/mol. The van der Waals surface area contributed by atoms with Crippen LogP contribution in [0, 0.1) is 11.3 Å².